The van der Waals surface area contributed by atoms with Crippen LogP contribution in [0, 0.1) is 5.41 Å². The molecule has 0 atom stereocenters. The Morgan fingerprint density at radius 2 is 1.50 bits per heavy atom. The fourth-order valence-corrected chi connectivity index (χ4v) is 2.31. The summed E-state index contributed by atoms with van der Waals surface area (Å²) in [5.74, 6) is 0.155. The van der Waals surface area contributed by atoms with Gasteiger partial charge in [0, 0.05) is 11.0 Å². The highest BCUT2D eigenvalue weighted by Crippen LogP contribution is 2.27. The summed E-state index contributed by atoms with van der Waals surface area (Å²) in [4.78, 5) is 12.4. The lowest BCUT2D eigenvalue weighted by atomic mass is 9.81. The highest BCUT2D eigenvalue weighted by molar-refractivity contribution is 6.00. The third kappa shape index (κ3) is 3.14. The lowest BCUT2D eigenvalue weighted by Crippen LogP contribution is -2.27. The highest BCUT2D eigenvalue weighted by atomic mass is 16.1. The second kappa shape index (κ2) is 6.02. The summed E-state index contributed by atoms with van der Waals surface area (Å²) >= 11 is 0. The van der Waals surface area contributed by atoms with E-state index in [0.29, 0.717) is 13.0 Å². The van der Waals surface area contributed by atoms with Crippen LogP contribution in [-0.2, 0) is 0 Å². The molecule has 0 aliphatic heterocycles. The second-order valence-corrected chi connectivity index (χ2v) is 5.70. The zero-order valence-electron chi connectivity index (χ0n) is 12.1. The third-order valence-electron chi connectivity index (χ3n) is 3.64. The molecule has 0 saturated heterocycles. The maximum atomic E-state index is 12.4. The molecule has 0 spiro atoms. The number of rotatable bonds is 5. The maximum absolute atomic E-state index is 12.4. The van der Waals surface area contributed by atoms with Crippen LogP contribution in [-0.4, -0.2) is 12.3 Å². The van der Waals surface area contributed by atoms with E-state index in [2.05, 4.69) is 12.1 Å². The molecule has 104 valence electrons. The molecule has 0 saturated carbocycles. The van der Waals surface area contributed by atoms with Crippen molar-refractivity contribution in [3.05, 3.63) is 60.2 Å². The molecule has 2 heteroatoms. The first-order chi connectivity index (χ1) is 9.54. The molecular formula is C18H21NO. The van der Waals surface area contributed by atoms with Crippen molar-refractivity contribution in [2.75, 3.05) is 6.54 Å². The van der Waals surface area contributed by atoms with Gasteiger partial charge in [0.05, 0.1) is 0 Å². The van der Waals surface area contributed by atoms with Gasteiger partial charge in [0.2, 0.25) is 0 Å². The number of Topliss-reactive ketones (excluding diaryl/α,β-unsaturated/α-hetero) is 1. The van der Waals surface area contributed by atoms with Gasteiger partial charge in [-0.3, -0.25) is 4.79 Å². The Labute approximate surface area is 120 Å². The van der Waals surface area contributed by atoms with Crippen LogP contribution in [0.4, 0.5) is 0 Å². The number of carbonyl (C=O) groups is 1. The molecule has 0 radical (unpaired) electrons. The SMILES string of the molecule is CC(C)(CCN)C(=O)c1ccc(-c2ccccc2)cc1. The van der Waals surface area contributed by atoms with E-state index >= 15 is 0 Å². The van der Waals surface area contributed by atoms with E-state index < -0.39 is 5.41 Å². The van der Waals surface area contributed by atoms with Crippen LogP contribution in [0.15, 0.2) is 54.6 Å². The van der Waals surface area contributed by atoms with Gasteiger partial charge in [-0.2, -0.15) is 0 Å². The lowest BCUT2D eigenvalue weighted by Gasteiger charge is -2.22. The molecule has 0 bridgehead atoms. The van der Waals surface area contributed by atoms with Gasteiger partial charge in [-0.1, -0.05) is 68.4 Å². The predicted molar refractivity (Wildman–Crippen MR) is 83.7 cm³/mol. The molecule has 0 aliphatic carbocycles. The molecule has 0 unspecified atom stereocenters. The second-order valence-electron chi connectivity index (χ2n) is 5.70. The minimum Gasteiger partial charge on any atom is -0.330 e. The van der Waals surface area contributed by atoms with Crippen LogP contribution in [0.25, 0.3) is 11.1 Å². The summed E-state index contributed by atoms with van der Waals surface area (Å²) in [6.45, 7) is 4.43. The first-order valence-electron chi connectivity index (χ1n) is 6.95. The molecule has 0 heterocycles. The van der Waals surface area contributed by atoms with E-state index in [1.165, 1.54) is 0 Å². The number of hydrogen-bond acceptors (Lipinski definition) is 2. The van der Waals surface area contributed by atoms with Crippen LogP contribution in [0.1, 0.15) is 30.6 Å². The Morgan fingerprint density at radius 3 is 2.05 bits per heavy atom. The summed E-state index contributed by atoms with van der Waals surface area (Å²) in [6, 6.07) is 18.0. The Morgan fingerprint density at radius 1 is 0.950 bits per heavy atom. The van der Waals surface area contributed by atoms with Crippen LogP contribution < -0.4 is 5.73 Å². The van der Waals surface area contributed by atoms with Crippen molar-refractivity contribution in [1.82, 2.24) is 0 Å². The van der Waals surface area contributed by atoms with E-state index in [9.17, 15) is 4.79 Å². The topological polar surface area (TPSA) is 43.1 Å². The van der Waals surface area contributed by atoms with Crippen LogP contribution in [0.3, 0.4) is 0 Å². The molecule has 2 N–H and O–H groups in total. The van der Waals surface area contributed by atoms with E-state index in [-0.39, 0.29) is 5.78 Å². The number of benzene rings is 2. The van der Waals surface area contributed by atoms with E-state index in [1.807, 2.05) is 56.3 Å². The minimum atomic E-state index is -0.400. The molecule has 2 aromatic carbocycles. The Hall–Kier alpha value is -1.93. The van der Waals surface area contributed by atoms with Crippen molar-refractivity contribution in [2.45, 2.75) is 20.3 Å². The molecule has 0 aromatic heterocycles. The van der Waals surface area contributed by atoms with Crippen LogP contribution in [0.2, 0.25) is 0 Å². The third-order valence-corrected chi connectivity index (χ3v) is 3.64. The predicted octanol–water partition coefficient (Wildman–Crippen LogP) is 3.91. The highest BCUT2D eigenvalue weighted by Gasteiger charge is 2.27. The zero-order valence-corrected chi connectivity index (χ0v) is 12.1. The summed E-state index contributed by atoms with van der Waals surface area (Å²) in [5.41, 5.74) is 8.22. The number of ketones is 1. The first-order valence-corrected chi connectivity index (χ1v) is 6.95. The molecule has 0 amide bonds. The van der Waals surface area contributed by atoms with Crippen molar-refractivity contribution < 1.29 is 4.79 Å². The van der Waals surface area contributed by atoms with Gasteiger partial charge in [0.15, 0.2) is 5.78 Å². The van der Waals surface area contributed by atoms with Crippen LogP contribution in [0.5, 0.6) is 0 Å². The average Bonchev–Trinajstić information content (AvgIpc) is 2.47. The van der Waals surface area contributed by atoms with Crippen molar-refractivity contribution in [3.8, 4) is 11.1 Å². The smallest absolute Gasteiger partial charge is 0.168 e. The first kappa shape index (κ1) is 14.5. The fourth-order valence-electron chi connectivity index (χ4n) is 2.31. The number of hydrogen-bond donors (Lipinski definition) is 1. The summed E-state index contributed by atoms with van der Waals surface area (Å²) in [5, 5.41) is 0. The Kier molecular flexibility index (Phi) is 4.35. The van der Waals surface area contributed by atoms with Gasteiger partial charge in [-0.05, 0) is 24.1 Å². The van der Waals surface area contributed by atoms with Crippen molar-refractivity contribution in [2.24, 2.45) is 11.1 Å². The molecule has 2 aromatic rings. The van der Waals surface area contributed by atoms with E-state index in [0.717, 1.165) is 16.7 Å². The average molecular weight is 267 g/mol. The number of carbonyl (C=O) groups excluding carboxylic acids is 1. The Balaban J connectivity index is 2.23. The summed E-state index contributed by atoms with van der Waals surface area (Å²) in [6.07, 6.45) is 0.701. The summed E-state index contributed by atoms with van der Waals surface area (Å²) in [7, 11) is 0. The zero-order chi connectivity index (χ0) is 14.6. The van der Waals surface area contributed by atoms with E-state index in [4.69, 9.17) is 5.73 Å². The standard InChI is InChI=1S/C18H21NO/c1-18(2,12-13-19)17(20)16-10-8-15(9-11-16)14-6-4-3-5-7-14/h3-11H,12-13,19H2,1-2H3. The molecule has 0 aliphatic rings. The normalized spacial score (nSPS) is 11.3. The maximum Gasteiger partial charge on any atom is 0.168 e. The van der Waals surface area contributed by atoms with Gasteiger partial charge in [0.25, 0.3) is 0 Å². The summed E-state index contributed by atoms with van der Waals surface area (Å²) < 4.78 is 0. The van der Waals surface area contributed by atoms with E-state index in [1.54, 1.807) is 0 Å². The quantitative estimate of drug-likeness (QED) is 0.835. The largest absolute Gasteiger partial charge is 0.330 e. The molecular weight excluding hydrogens is 246 g/mol. The van der Waals surface area contributed by atoms with Gasteiger partial charge in [0.1, 0.15) is 0 Å². The van der Waals surface area contributed by atoms with Crippen molar-refractivity contribution >= 4 is 5.78 Å². The lowest BCUT2D eigenvalue weighted by molar-refractivity contribution is 0.0829. The van der Waals surface area contributed by atoms with Crippen molar-refractivity contribution in [1.29, 1.82) is 0 Å². The van der Waals surface area contributed by atoms with Gasteiger partial charge in [-0.25, -0.2) is 0 Å². The molecule has 20 heavy (non-hydrogen) atoms. The Bertz CT molecular complexity index is 570. The monoisotopic (exact) mass is 267 g/mol. The number of nitrogens with two attached hydrogens (primary N) is 1. The molecule has 2 rings (SSSR count). The minimum absolute atomic E-state index is 0.155. The van der Waals surface area contributed by atoms with Crippen LogP contribution >= 0.6 is 0 Å². The van der Waals surface area contributed by atoms with Gasteiger partial charge >= 0.3 is 0 Å². The van der Waals surface area contributed by atoms with Crippen molar-refractivity contribution in [3.63, 3.8) is 0 Å². The molecule has 2 nitrogen and oxygen atoms in total. The fraction of sp³-hybridized carbons (Fsp3) is 0.278. The van der Waals surface area contributed by atoms with Gasteiger partial charge in [-0.15, -0.1) is 0 Å². The van der Waals surface area contributed by atoms with Gasteiger partial charge < -0.3 is 5.73 Å². The molecule has 0 fully saturated rings.